The maximum Gasteiger partial charge on any atom is 0.410 e. The van der Waals surface area contributed by atoms with E-state index in [9.17, 15) is 4.79 Å². The zero-order valence-corrected chi connectivity index (χ0v) is 14.8. The summed E-state index contributed by atoms with van der Waals surface area (Å²) in [5.41, 5.74) is 0.886. The third kappa shape index (κ3) is 3.74. The number of halogens is 1. The molecule has 3 atom stereocenters. The van der Waals surface area contributed by atoms with Crippen molar-refractivity contribution in [1.29, 1.82) is 0 Å². The van der Waals surface area contributed by atoms with Gasteiger partial charge in [-0.15, -0.1) is 0 Å². The maximum atomic E-state index is 15.3. The van der Waals surface area contributed by atoms with Gasteiger partial charge < -0.3 is 9.64 Å². The summed E-state index contributed by atoms with van der Waals surface area (Å²) in [5.74, 6) is 0.487. The predicted molar refractivity (Wildman–Crippen MR) is 98.4 cm³/mol. The Morgan fingerprint density at radius 1 is 0.962 bits per heavy atom. The van der Waals surface area contributed by atoms with E-state index in [1.807, 2.05) is 60.7 Å². The van der Waals surface area contributed by atoms with Crippen molar-refractivity contribution >= 4 is 6.09 Å². The number of likely N-dealkylation sites (tertiary alicyclic amines) is 1. The quantitative estimate of drug-likeness (QED) is 0.803. The molecule has 1 saturated heterocycles. The van der Waals surface area contributed by atoms with Gasteiger partial charge in [0.15, 0.2) is 0 Å². The highest BCUT2D eigenvalue weighted by molar-refractivity contribution is 5.68. The Morgan fingerprint density at radius 2 is 1.50 bits per heavy atom. The molecule has 1 saturated carbocycles. The average Bonchev–Trinajstić information content (AvgIpc) is 3.16. The van der Waals surface area contributed by atoms with Crippen LogP contribution in [0.15, 0.2) is 60.7 Å². The molecule has 1 amide bonds. The van der Waals surface area contributed by atoms with Gasteiger partial charge >= 0.3 is 6.09 Å². The number of rotatable bonds is 4. The molecule has 2 aromatic rings. The van der Waals surface area contributed by atoms with Gasteiger partial charge in [-0.3, -0.25) is 0 Å². The van der Waals surface area contributed by atoms with Crippen molar-refractivity contribution in [2.24, 2.45) is 11.8 Å². The number of hydrogen-bond acceptors (Lipinski definition) is 2. The fraction of sp³-hybridized carbons (Fsp3) is 0.409. The van der Waals surface area contributed by atoms with Crippen LogP contribution in [0.2, 0.25) is 0 Å². The zero-order chi connectivity index (χ0) is 18.0. The highest BCUT2D eigenvalue weighted by Crippen LogP contribution is 2.47. The summed E-state index contributed by atoms with van der Waals surface area (Å²) in [6.07, 6.45) is 1.26. The summed E-state index contributed by atoms with van der Waals surface area (Å²) in [6.45, 7) is 1.50. The average molecular weight is 353 g/mol. The number of fused-ring (bicyclic) bond motifs is 1. The van der Waals surface area contributed by atoms with E-state index in [1.165, 1.54) is 0 Å². The molecule has 2 aliphatic rings. The summed E-state index contributed by atoms with van der Waals surface area (Å²) in [4.78, 5) is 14.1. The van der Waals surface area contributed by atoms with E-state index in [0.29, 0.717) is 32.4 Å². The first-order chi connectivity index (χ1) is 12.6. The Balaban J connectivity index is 1.30. The molecule has 1 aliphatic carbocycles. The van der Waals surface area contributed by atoms with Gasteiger partial charge in [-0.2, -0.15) is 0 Å². The van der Waals surface area contributed by atoms with Crippen LogP contribution in [-0.4, -0.2) is 29.8 Å². The molecule has 0 bridgehead atoms. The van der Waals surface area contributed by atoms with Gasteiger partial charge in [0, 0.05) is 19.5 Å². The smallest absolute Gasteiger partial charge is 0.410 e. The molecule has 26 heavy (non-hydrogen) atoms. The molecule has 0 radical (unpaired) electrons. The molecule has 2 fully saturated rings. The van der Waals surface area contributed by atoms with E-state index in [1.54, 1.807) is 4.90 Å². The molecule has 4 heteroatoms. The summed E-state index contributed by atoms with van der Waals surface area (Å²) in [5, 5.41) is 0. The Bertz CT molecular complexity index is 735. The summed E-state index contributed by atoms with van der Waals surface area (Å²) < 4.78 is 20.7. The fourth-order valence-corrected chi connectivity index (χ4v) is 4.49. The van der Waals surface area contributed by atoms with Crippen LogP contribution in [-0.2, 0) is 17.8 Å². The van der Waals surface area contributed by atoms with Crippen molar-refractivity contribution in [3.63, 3.8) is 0 Å². The van der Waals surface area contributed by atoms with Gasteiger partial charge in [-0.25, -0.2) is 9.18 Å². The first-order valence-corrected chi connectivity index (χ1v) is 9.30. The summed E-state index contributed by atoms with van der Waals surface area (Å²) in [7, 11) is 0. The van der Waals surface area contributed by atoms with Gasteiger partial charge in [0.05, 0.1) is 0 Å². The first kappa shape index (κ1) is 17.1. The summed E-state index contributed by atoms with van der Waals surface area (Å²) in [6, 6.07) is 19.5. The number of amides is 1. The lowest BCUT2D eigenvalue weighted by molar-refractivity contribution is 0.0946. The molecule has 2 unspecified atom stereocenters. The molecular formula is C22H24FNO2. The molecule has 2 aromatic carbocycles. The van der Waals surface area contributed by atoms with Crippen LogP contribution in [0, 0.1) is 11.8 Å². The molecule has 4 rings (SSSR count). The topological polar surface area (TPSA) is 29.5 Å². The van der Waals surface area contributed by atoms with Crippen LogP contribution in [0.1, 0.15) is 24.0 Å². The highest BCUT2D eigenvalue weighted by atomic mass is 19.1. The predicted octanol–water partition coefficient (Wildman–Crippen LogP) is 4.62. The lowest BCUT2D eigenvalue weighted by atomic mass is 9.93. The van der Waals surface area contributed by atoms with Crippen LogP contribution in [0.3, 0.4) is 0 Å². The van der Waals surface area contributed by atoms with Gasteiger partial charge in [0.2, 0.25) is 0 Å². The minimum Gasteiger partial charge on any atom is -0.445 e. The molecule has 0 spiro atoms. The monoisotopic (exact) mass is 353 g/mol. The van der Waals surface area contributed by atoms with E-state index in [-0.39, 0.29) is 24.5 Å². The number of alkyl halides is 1. The van der Waals surface area contributed by atoms with Crippen molar-refractivity contribution in [3.05, 3.63) is 71.8 Å². The van der Waals surface area contributed by atoms with E-state index in [4.69, 9.17) is 4.74 Å². The standard InChI is InChI=1S/C22H24FNO2/c23-22(11-17-7-3-1-4-8-17)12-19-14-24(15-20(19)13-22)21(25)26-16-18-9-5-2-6-10-18/h1-10,19-20H,11-16H2/t19-,20?,22?/m1/s1. The van der Waals surface area contributed by atoms with E-state index in [0.717, 1.165) is 11.1 Å². The maximum absolute atomic E-state index is 15.3. The summed E-state index contributed by atoms with van der Waals surface area (Å²) >= 11 is 0. The third-order valence-electron chi connectivity index (χ3n) is 5.66. The van der Waals surface area contributed by atoms with Crippen molar-refractivity contribution in [2.75, 3.05) is 13.1 Å². The highest BCUT2D eigenvalue weighted by Gasteiger charge is 2.50. The molecule has 1 aliphatic heterocycles. The van der Waals surface area contributed by atoms with E-state index in [2.05, 4.69) is 0 Å². The Kier molecular flexibility index (Phi) is 4.66. The molecule has 3 nitrogen and oxygen atoms in total. The Hall–Kier alpha value is -2.36. The van der Waals surface area contributed by atoms with Crippen molar-refractivity contribution in [2.45, 2.75) is 31.5 Å². The van der Waals surface area contributed by atoms with Crippen LogP contribution < -0.4 is 0 Å². The van der Waals surface area contributed by atoms with E-state index < -0.39 is 5.67 Å². The SMILES string of the molecule is O=C(OCc1ccccc1)N1CC2CC(F)(Cc3ccccc3)C[C@@H]2C1. The van der Waals surface area contributed by atoms with Gasteiger partial charge in [-0.05, 0) is 35.8 Å². The second-order valence-corrected chi connectivity index (χ2v) is 7.69. The minimum atomic E-state index is -1.14. The third-order valence-corrected chi connectivity index (χ3v) is 5.66. The van der Waals surface area contributed by atoms with Crippen molar-refractivity contribution in [3.8, 4) is 0 Å². The Morgan fingerprint density at radius 3 is 2.08 bits per heavy atom. The normalized spacial score (nSPS) is 27.3. The number of nitrogens with zero attached hydrogens (tertiary/aromatic N) is 1. The second-order valence-electron chi connectivity index (χ2n) is 7.69. The number of hydrogen-bond donors (Lipinski definition) is 0. The number of carbonyl (C=O) groups excluding carboxylic acids is 1. The Labute approximate surface area is 153 Å². The van der Waals surface area contributed by atoms with E-state index >= 15 is 4.39 Å². The van der Waals surface area contributed by atoms with Gasteiger partial charge in [0.1, 0.15) is 12.3 Å². The van der Waals surface area contributed by atoms with Crippen LogP contribution in [0.25, 0.3) is 0 Å². The zero-order valence-electron chi connectivity index (χ0n) is 14.8. The minimum absolute atomic E-state index is 0.244. The number of carbonyl (C=O) groups is 1. The second kappa shape index (κ2) is 7.10. The molecular weight excluding hydrogens is 329 g/mol. The van der Waals surface area contributed by atoms with Crippen LogP contribution in [0.5, 0.6) is 0 Å². The van der Waals surface area contributed by atoms with Crippen molar-refractivity contribution < 1.29 is 13.9 Å². The van der Waals surface area contributed by atoms with Crippen molar-refractivity contribution in [1.82, 2.24) is 4.90 Å². The van der Waals surface area contributed by atoms with Gasteiger partial charge in [0.25, 0.3) is 0 Å². The molecule has 1 heterocycles. The van der Waals surface area contributed by atoms with Crippen LogP contribution >= 0.6 is 0 Å². The lowest BCUT2D eigenvalue weighted by Crippen LogP contribution is -2.33. The molecule has 0 N–H and O–H groups in total. The number of benzene rings is 2. The number of ether oxygens (including phenoxy) is 1. The molecule has 0 aromatic heterocycles. The fourth-order valence-electron chi connectivity index (χ4n) is 4.49. The first-order valence-electron chi connectivity index (χ1n) is 9.30. The van der Waals surface area contributed by atoms with Crippen LogP contribution in [0.4, 0.5) is 9.18 Å². The largest absolute Gasteiger partial charge is 0.445 e. The lowest BCUT2D eigenvalue weighted by Gasteiger charge is -2.23. The molecule has 136 valence electrons. The van der Waals surface area contributed by atoms with Gasteiger partial charge in [-0.1, -0.05) is 60.7 Å².